The summed E-state index contributed by atoms with van der Waals surface area (Å²) < 4.78 is 13.3. The van der Waals surface area contributed by atoms with Crippen molar-refractivity contribution in [2.75, 3.05) is 38.2 Å². The van der Waals surface area contributed by atoms with Gasteiger partial charge in [0.1, 0.15) is 17.3 Å². The fourth-order valence-corrected chi connectivity index (χ4v) is 3.40. The molecule has 138 valence electrons. The molecule has 0 radical (unpaired) electrons. The van der Waals surface area contributed by atoms with Gasteiger partial charge in [0.2, 0.25) is 0 Å². The molecule has 0 unspecified atom stereocenters. The van der Waals surface area contributed by atoms with Gasteiger partial charge in [0, 0.05) is 37.5 Å². The molecule has 1 saturated heterocycles. The number of hydrogen-bond acceptors (Lipinski definition) is 6. The third kappa shape index (κ3) is 3.45. The number of ether oxygens (including phenoxy) is 1. The number of fused-ring (bicyclic) bond motifs is 1. The van der Waals surface area contributed by atoms with Crippen LogP contribution in [0.5, 0.6) is 0 Å². The quantitative estimate of drug-likeness (QED) is 0.733. The Morgan fingerprint density at radius 1 is 1.23 bits per heavy atom. The van der Waals surface area contributed by atoms with E-state index in [4.69, 9.17) is 9.15 Å². The van der Waals surface area contributed by atoms with Crippen molar-refractivity contribution in [3.05, 3.63) is 47.7 Å². The Kier molecular flexibility index (Phi) is 4.90. The molecule has 4 rings (SSSR count). The van der Waals surface area contributed by atoms with E-state index in [1.54, 1.807) is 6.20 Å². The van der Waals surface area contributed by atoms with Crippen molar-refractivity contribution in [2.24, 2.45) is 0 Å². The summed E-state index contributed by atoms with van der Waals surface area (Å²) >= 11 is 0. The summed E-state index contributed by atoms with van der Waals surface area (Å²) in [5.41, 5.74) is 1.92. The van der Waals surface area contributed by atoms with Crippen LogP contribution >= 0.6 is 0 Å². The number of aryl methyl sites for hydroxylation is 2. The topological polar surface area (TPSA) is 67.8 Å². The molecule has 4 heterocycles. The van der Waals surface area contributed by atoms with Crippen molar-refractivity contribution >= 4 is 11.5 Å². The monoisotopic (exact) mass is 355 g/mol. The molecule has 0 spiro atoms. The molecular formula is C19H25N5O2. The molecule has 1 N–H and O–H groups in total. The summed E-state index contributed by atoms with van der Waals surface area (Å²) in [5.74, 6) is 2.88. The molecular weight excluding hydrogens is 330 g/mol. The van der Waals surface area contributed by atoms with Crippen molar-refractivity contribution < 1.29 is 9.15 Å². The summed E-state index contributed by atoms with van der Waals surface area (Å²) in [6.07, 6.45) is 2.67. The third-order valence-corrected chi connectivity index (χ3v) is 4.83. The summed E-state index contributed by atoms with van der Waals surface area (Å²) in [7, 11) is 0. The number of nitrogens with zero attached hydrogens (tertiary/aromatic N) is 4. The van der Waals surface area contributed by atoms with Gasteiger partial charge in [-0.25, -0.2) is 4.98 Å². The van der Waals surface area contributed by atoms with Gasteiger partial charge in [0.05, 0.1) is 25.5 Å². The fraction of sp³-hybridized carbons (Fsp3) is 0.474. The molecule has 3 aromatic heterocycles. The van der Waals surface area contributed by atoms with Crippen LogP contribution in [0.15, 0.2) is 34.9 Å². The first-order valence-electron chi connectivity index (χ1n) is 9.20. The molecule has 3 aromatic rings. The molecule has 0 bridgehead atoms. The normalized spacial score (nSPS) is 16.8. The predicted molar refractivity (Wildman–Crippen MR) is 99.4 cm³/mol. The Bertz CT molecular complexity index is 866. The molecule has 7 nitrogen and oxygen atoms in total. The largest absolute Gasteiger partial charge is 0.465 e. The van der Waals surface area contributed by atoms with E-state index in [1.165, 1.54) is 0 Å². The van der Waals surface area contributed by atoms with Crippen LogP contribution in [0.1, 0.15) is 30.2 Å². The van der Waals surface area contributed by atoms with E-state index in [0.29, 0.717) is 0 Å². The highest BCUT2D eigenvalue weighted by Gasteiger charge is 2.25. The van der Waals surface area contributed by atoms with Crippen LogP contribution in [0.3, 0.4) is 0 Å². The minimum atomic E-state index is 0.149. The van der Waals surface area contributed by atoms with Crippen molar-refractivity contribution in [1.29, 1.82) is 0 Å². The van der Waals surface area contributed by atoms with Crippen LogP contribution in [0.4, 0.5) is 5.82 Å². The summed E-state index contributed by atoms with van der Waals surface area (Å²) in [6.45, 7) is 8.15. The van der Waals surface area contributed by atoms with Crippen LogP contribution in [0, 0.1) is 6.92 Å². The zero-order valence-corrected chi connectivity index (χ0v) is 15.3. The lowest BCUT2D eigenvalue weighted by Crippen LogP contribution is -2.41. The molecule has 0 aromatic carbocycles. The summed E-state index contributed by atoms with van der Waals surface area (Å²) in [6, 6.07) is 8.25. The SMILES string of the molecule is CCc1cc(NC[C@H](c2ccc(C)o2)N2CCOCC2)n2nccc2n1. The molecule has 1 fully saturated rings. The standard InChI is InChI=1S/C19H25N5O2/c1-3-15-12-19(24-18(22-15)6-7-21-24)20-13-16(17-5-4-14(2)26-17)23-8-10-25-11-9-23/h4-7,12,16,20H,3,8-11,13H2,1-2H3/t16-/m1/s1. The number of rotatable bonds is 6. The van der Waals surface area contributed by atoms with Gasteiger partial charge in [-0.05, 0) is 25.5 Å². The second kappa shape index (κ2) is 7.47. The highest BCUT2D eigenvalue weighted by Crippen LogP contribution is 2.25. The van der Waals surface area contributed by atoms with E-state index in [2.05, 4.69) is 39.4 Å². The Morgan fingerprint density at radius 3 is 2.81 bits per heavy atom. The predicted octanol–water partition coefficient (Wildman–Crippen LogP) is 2.68. The Balaban J connectivity index is 1.59. The zero-order chi connectivity index (χ0) is 17.9. The maximum atomic E-state index is 5.95. The van der Waals surface area contributed by atoms with Crippen LogP contribution in [-0.4, -0.2) is 52.3 Å². The fourth-order valence-electron chi connectivity index (χ4n) is 3.40. The van der Waals surface area contributed by atoms with Gasteiger partial charge < -0.3 is 14.5 Å². The Morgan fingerprint density at radius 2 is 2.08 bits per heavy atom. The number of nitrogens with one attached hydrogen (secondary N) is 1. The van der Waals surface area contributed by atoms with Gasteiger partial charge in [-0.2, -0.15) is 9.61 Å². The minimum absolute atomic E-state index is 0.149. The minimum Gasteiger partial charge on any atom is -0.465 e. The number of furan rings is 1. The van der Waals surface area contributed by atoms with E-state index in [1.807, 2.05) is 23.6 Å². The van der Waals surface area contributed by atoms with Crippen LogP contribution < -0.4 is 5.32 Å². The van der Waals surface area contributed by atoms with Gasteiger partial charge in [-0.15, -0.1) is 0 Å². The lowest BCUT2D eigenvalue weighted by atomic mass is 10.1. The molecule has 1 aliphatic heterocycles. The lowest BCUT2D eigenvalue weighted by Gasteiger charge is -2.33. The summed E-state index contributed by atoms with van der Waals surface area (Å²) in [5, 5.41) is 7.97. The maximum absolute atomic E-state index is 5.95. The van der Waals surface area contributed by atoms with E-state index >= 15 is 0 Å². The second-order valence-corrected chi connectivity index (χ2v) is 6.58. The first kappa shape index (κ1) is 17.1. The molecule has 26 heavy (non-hydrogen) atoms. The van der Waals surface area contributed by atoms with Gasteiger partial charge in [-0.1, -0.05) is 6.92 Å². The Labute approximate surface area is 153 Å². The lowest BCUT2D eigenvalue weighted by molar-refractivity contribution is 0.0143. The highest BCUT2D eigenvalue weighted by molar-refractivity contribution is 5.49. The smallest absolute Gasteiger partial charge is 0.157 e. The number of hydrogen-bond donors (Lipinski definition) is 1. The van der Waals surface area contributed by atoms with Gasteiger partial charge >= 0.3 is 0 Å². The van der Waals surface area contributed by atoms with Crippen molar-refractivity contribution in [3.8, 4) is 0 Å². The molecule has 0 amide bonds. The van der Waals surface area contributed by atoms with E-state index in [9.17, 15) is 0 Å². The molecule has 0 saturated carbocycles. The van der Waals surface area contributed by atoms with Crippen LogP contribution in [-0.2, 0) is 11.2 Å². The first-order valence-corrected chi connectivity index (χ1v) is 9.20. The van der Waals surface area contributed by atoms with Gasteiger partial charge in [0.25, 0.3) is 0 Å². The van der Waals surface area contributed by atoms with E-state index in [0.717, 1.165) is 67.9 Å². The summed E-state index contributed by atoms with van der Waals surface area (Å²) in [4.78, 5) is 7.02. The number of aromatic nitrogens is 3. The third-order valence-electron chi connectivity index (χ3n) is 4.83. The van der Waals surface area contributed by atoms with Crippen LogP contribution in [0.25, 0.3) is 5.65 Å². The van der Waals surface area contributed by atoms with Gasteiger partial charge in [-0.3, -0.25) is 4.90 Å². The average Bonchev–Trinajstić information content (AvgIpc) is 3.31. The van der Waals surface area contributed by atoms with E-state index in [-0.39, 0.29) is 6.04 Å². The highest BCUT2D eigenvalue weighted by atomic mass is 16.5. The number of anilines is 1. The second-order valence-electron chi connectivity index (χ2n) is 6.58. The number of morpholine rings is 1. The first-order chi connectivity index (χ1) is 12.7. The van der Waals surface area contributed by atoms with Crippen molar-refractivity contribution in [1.82, 2.24) is 19.5 Å². The Hall–Kier alpha value is -2.38. The van der Waals surface area contributed by atoms with E-state index < -0.39 is 0 Å². The molecule has 1 atom stereocenters. The zero-order valence-electron chi connectivity index (χ0n) is 15.3. The molecule has 7 heteroatoms. The van der Waals surface area contributed by atoms with Gasteiger partial charge in [0.15, 0.2) is 5.65 Å². The van der Waals surface area contributed by atoms with Crippen molar-refractivity contribution in [3.63, 3.8) is 0 Å². The van der Waals surface area contributed by atoms with Crippen molar-refractivity contribution in [2.45, 2.75) is 26.3 Å². The molecule has 0 aliphatic carbocycles. The average molecular weight is 355 g/mol. The van der Waals surface area contributed by atoms with Crippen LogP contribution in [0.2, 0.25) is 0 Å². The maximum Gasteiger partial charge on any atom is 0.157 e. The molecule has 1 aliphatic rings.